The van der Waals surface area contributed by atoms with Crippen molar-refractivity contribution in [1.29, 1.82) is 0 Å². The van der Waals surface area contributed by atoms with Gasteiger partial charge in [0.15, 0.2) is 12.1 Å². The summed E-state index contributed by atoms with van der Waals surface area (Å²) in [6.45, 7) is 0.0183. The fraction of sp³-hybridized carbons (Fsp3) is 0.158. The summed E-state index contributed by atoms with van der Waals surface area (Å²) in [4.78, 5) is 30.9. The second-order valence-electron chi connectivity index (χ2n) is 6.70. The Kier molecular flexibility index (Phi) is 4.39. The molecule has 1 aromatic heterocycles. The number of carbonyl (C=O) groups is 2. The van der Waals surface area contributed by atoms with Crippen LogP contribution in [0.2, 0.25) is 0 Å². The Bertz CT molecular complexity index is 1160. The highest BCUT2D eigenvalue weighted by atomic mass is 79.9. The molecule has 9 nitrogen and oxygen atoms in total. The van der Waals surface area contributed by atoms with E-state index in [0.29, 0.717) is 5.82 Å². The Morgan fingerprint density at radius 1 is 1.03 bits per heavy atom. The SMILES string of the molecule is O=C1[C@H]2N=NN(Cc3nc(-c4ccc(Br)cc4)no3)[C@H]2C(=O)N1c1ccc(F)cc1. The van der Waals surface area contributed by atoms with Gasteiger partial charge in [0.2, 0.25) is 11.7 Å². The molecule has 30 heavy (non-hydrogen) atoms. The Balaban J connectivity index is 1.36. The number of benzene rings is 2. The van der Waals surface area contributed by atoms with Gasteiger partial charge in [0, 0.05) is 10.0 Å². The van der Waals surface area contributed by atoms with Crippen LogP contribution < -0.4 is 4.90 Å². The third-order valence-electron chi connectivity index (χ3n) is 4.81. The molecular formula is C19H12BrFN6O3. The number of hydrogen-bond donors (Lipinski definition) is 0. The van der Waals surface area contributed by atoms with E-state index in [9.17, 15) is 14.0 Å². The molecule has 1 saturated heterocycles. The van der Waals surface area contributed by atoms with Gasteiger partial charge in [-0.2, -0.15) is 10.1 Å². The molecule has 0 radical (unpaired) electrons. The molecule has 2 aromatic carbocycles. The highest BCUT2D eigenvalue weighted by Gasteiger charge is 2.55. The number of amides is 2. The van der Waals surface area contributed by atoms with E-state index in [0.717, 1.165) is 14.9 Å². The summed E-state index contributed by atoms with van der Waals surface area (Å²) >= 11 is 3.37. The Morgan fingerprint density at radius 3 is 2.50 bits per heavy atom. The Hall–Kier alpha value is -3.47. The van der Waals surface area contributed by atoms with Crippen molar-refractivity contribution in [3.63, 3.8) is 0 Å². The lowest BCUT2D eigenvalue weighted by atomic mass is 10.1. The van der Waals surface area contributed by atoms with E-state index in [4.69, 9.17) is 4.52 Å². The minimum Gasteiger partial charge on any atom is -0.337 e. The van der Waals surface area contributed by atoms with Crippen LogP contribution in [-0.4, -0.2) is 39.0 Å². The number of aromatic nitrogens is 2. The predicted octanol–water partition coefficient (Wildman–Crippen LogP) is 3.13. The lowest BCUT2D eigenvalue weighted by Crippen LogP contribution is -2.39. The maximum Gasteiger partial charge on any atom is 0.263 e. The molecule has 11 heteroatoms. The van der Waals surface area contributed by atoms with E-state index in [1.165, 1.54) is 29.3 Å². The number of fused-ring (bicyclic) bond motifs is 1. The van der Waals surface area contributed by atoms with Crippen LogP contribution in [-0.2, 0) is 16.1 Å². The van der Waals surface area contributed by atoms with Crippen LogP contribution in [0.3, 0.4) is 0 Å². The first kappa shape index (κ1) is 18.6. The van der Waals surface area contributed by atoms with Gasteiger partial charge in [0.05, 0.1) is 5.69 Å². The molecule has 150 valence electrons. The Morgan fingerprint density at radius 2 is 1.77 bits per heavy atom. The van der Waals surface area contributed by atoms with Gasteiger partial charge < -0.3 is 4.52 Å². The molecule has 0 unspecified atom stereocenters. The molecule has 2 amide bonds. The molecule has 3 heterocycles. The summed E-state index contributed by atoms with van der Waals surface area (Å²) in [7, 11) is 0. The average Bonchev–Trinajstić information content (AvgIpc) is 3.43. The number of hydrogen-bond acceptors (Lipinski definition) is 8. The maximum absolute atomic E-state index is 13.2. The normalized spacial score (nSPS) is 20.3. The zero-order chi connectivity index (χ0) is 20.8. The number of nitrogens with zero attached hydrogens (tertiary/aromatic N) is 6. The highest BCUT2D eigenvalue weighted by molar-refractivity contribution is 9.10. The molecule has 0 saturated carbocycles. The number of anilines is 1. The predicted molar refractivity (Wildman–Crippen MR) is 104 cm³/mol. The summed E-state index contributed by atoms with van der Waals surface area (Å²) in [5.41, 5.74) is 1.05. The van der Waals surface area contributed by atoms with Crippen molar-refractivity contribution >= 4 is 33.4 Å². The van der Waals surface area contributed by atoms with Crippen LogP contribution in [0.5, 0.6) is 0 Å². The molecule has 0 spiro atoms. The van der Waals surface area contributed by atoms with Crippen molar-refractivity contribution < 1.29 is 18.5 Å². The average molecular weight is 471 g/mol. The molecule has 1 fully saturated rings. The molecule has 2 atom stereocenters. The highest BCUT2D eigenvalue weighted by Crippen LogP contribution is 2.32. The summed E-state index contributed by atoms with van der Waals surface area (Å²) in [6.07, 6.45) is 0. The number of halogens is 2. The fourth-order valence-corrected chi connectivity index (χ4v) is 3.64. The van der Waals surface area contributed by atoms with E-state index in [-0.39, 0.29) is 18.1 Å². The Labute approximate surface area is 177 Å². The largest absolute Gasteiger partial charge is 0.337 e. The molecule has 5 rings (SSSR count). The summed E-state index contributed by atoms with van der Waals surface area (Å²) in [6, 6.07) is 10.6. The van der Waals surface area contributed by atoms with Gasteiger partial charge in [-0.25, -0.2) is 9.29 Å². The topological polar surface area (TPSA) is 104 Å². The first-order valence-corrected chi connectivity index (χ1v) is 9.70. The van der Waals surface area contributed by atoms with E-state index in [1.807, 2.05) is 24.3 Å². The first-order valence-electron chi connectivity index (χ1n) is 8.90. The minimum atomic E-state index is -0.962. The zero-order valence-corrected chi connectivity index (χ0v) is 16.7. The summed E-state index contributed by atoms with van der Waals surface area (Å²) in [5.74, 6) is -0.838. The van der Waals surface area contributed by atoms with Crippen molar-refractivity contribution in [3.8, 4) is 11.4 Å². The van der Waals surface area contributed by atoms with Crippen LogP contribution in [0.25, 0.3) is 11.4 Å². The monoisotopic (exact) mass is 470 g/mol. The van der Waals surface area contributed by atoms with Crippen LogP contribution in [0, 0.1) is 5.82 Å². The number of imide groups is 1. The van der Waals surface area contributed by atoms with Crippen molar-refractivity contribution in [3.05, 3.63) is 64.7 Å². The second kappa shape index (κ2) is 7.10. The molecule has 0 aliphatic carbocycles. The van der Waals surface area contributed by atoms with Gasteiger partial charge in [-0.1, -0.05) is 26.3 Å². The van der Waals surface area contributed by atoms with Crippen molar-refractivity contribution in [1.82, 2.24) is 15.1 Å². The summed E-state index contributed by atoms with van der Waals surface area (Å²) < 4.78 is 19.4. The summed E-state index contributed by atoms with van der Waals surface area (Å²) in [5, 5.41) is 13.2. The molecule has 2 aliphatic rings. The van der Waals surface area contributed by atoms with E-state index < -0.39 is 29.7 Å². The quantitative estimate of drug-likeness (QED) is 0.542. The number of rotatable bonds is 4. The molecule has 2 aliphatic heterocycles. The van der Waals surface area contributed by atoms with Crippen molar-refractivity contribution in [2.45, 2.75) is 18.6 Å². The molecule has 3 aromatic rings. The van der Waals surface area contributed by atoms with Crippen LogP contribution in [0.15, 0.2) is 67.9 Å². The minimum absolute atomic E-state index is 0.0183. The van der Waals surface area contributed by atoms with Crippen LogP contribution in [0.1, 0.15) is 5.89 Å². The van der Waals surface area contributed by atoms with E-state index >= 15 is 0 Å². The fourth-order valence-electron chi connectivity index (χ4n) is 3.37. The lowest BCUT2D eigenvalue weighted by molar-refractivity contribution is -0.123. The third-order valence-corrected chi connectivity index (χ3v) is 5.34. The smallest absolute Gasteiger partial charge is 0.263 e. The third kappa shape index (κ3) is 3.07. The molecular weight excluding hydrogens is 459 g/mol. The van der Waals surface area contributed by atoms with Crippen LogP contribution in [0.4, 0.5) is 10.1 Å². The lowest BCUT2D eigenvalue weighted by Gasteiger charge is -2.19. The second-order valence-corrected chi connectivity index (χ2v) is 7.61. The van der Waals surface area contributed by atoms with Gasteiger partial charge in [-0.3, -0.25) is 14.6 Å². The molecule has 0 bridgehead atoms. The number of carbonyl (C=O) groups excluding carboxylic acids is 2. The van der Waals surface area contributed by atoms with Gasteiger partial charge >= 0.3 is 0 Å². The van der Waals surface area contributed by atoms with Crippen LogP contribution >= 0.6 is 15.9 Å². The van der Waals surface area contributed by atoms with Crippen molar-refractivity contribution in [2.75, 3.05) is 4.90 Å². The van der Waals surface area contributed by atoms with Crippen molar-refractivity contribution in [2.24, 2.45) is 10.3 Å². The van der Waals surface area contributed by atoms with E-state index in [2.05, 4.69) is 36.4 Å². The van der Waals surface area contributed by atoms with Gasteiger partial charge in [0.1, 0.15) is 12.4 Å². The standard InChI is InChI=1S/C19H12BrFN6O3/c20-11-3-1-10(2-4-11)17-22-14(30-24-17)9-26-16-15(23-25-26)18(28)27(19(16)29)13-7-5-12(21)6-8-13/h1-8,15-16H,9H2/t15-,16+/m0/s1. The van der Waals surface area contributed by atoms with Gasteiger partial charge in [-0.05, 0) is 48.5 Å². The van der Waals surface area contributed by atoms with E-state index in [1.54, 1.807) is 0 Å². The van der Waals surface area contributed by atoms with Gasteiger partial charge in [0.25, 0.3) is 11.8 Å². The first-order chi connectivity index (χ1) is 14.5. The van der Waals surface area contributed by atoms with Gasteiger partial charge in [-0.15, -0.1) is 0 Å². The zero-order valence-electron chi connectivity index (χ0n) is 15.1. The molecule has 0 N–H and O–H groups in total. The maximum atomic E-state index is 13.2.